The summed E-state index contributed by atoms with van der Waals surface area (Å²) in [5, 5.41) is 7.15. The predicted molar refractivity (Wildman–Crippen MR) is 80.9 cm³/mol. The Bertz CT molecular complexity index is 504. The monoisotopic (exact) mass is 291 g/mol. The molecular weight excluding hydrogens is 266 g/mol. The molecule has 0 atom stereocenters. The Hall–Kier alpha value is -1.59. The van der Waals surface area contributed by atoms with Crippen molar-refractivity contribution in [3.8, 4) is 0 Å². The number of hydrogen-bond donors (Lipinski definition) is 1. The predicted octanol–water partition coefficient (Wildman–Crippen LogP) is 2.11. The van der Waals surface area contributed by atoms with E-state index in [0.717, 1.165) is 19.0 Å². The highest BCUT2D eigenvalue weighted by molar-refractivity contribution is 5.80. The van der Waals surface area contributed by atoms with Crippen molar-refractivity contribution in [2.75, 3.05) is 20.1 Å². The lowest BCUT2D eigenvalue weighted by molar-refractivity contribution is 0.203. The fourth-order valence-electron chi connectivity index (χ4n) is 3.72. The fraction of sp³-hybridized carbons (Fsp3) is 0.800. The molecule has 6 nitrogen and oxygen atoms in total. The Morgan fingerprint density at radius 1 is 1.33 bits per heavy atom. The van der Waals surface area contributed by atoms with Gasteiger partial charge in [0, 0.05) is 20.1 Å². The molecule has 3 rings (SSSR count). The van der Waals surface area contributed by atoms with Gasteiger partial charge in [-0.1, -0.05) is 24.4 Å². The lowest BCUT2D eigenvalue weighted by Crippen LogP contribution is -2.41. The van der Waals surface area contributed by atoms with Crippen LogP contribution < -0.4 is 5.32 Å². The molecule has 1 saturated carbocycles. The summed E-state index contributed by atoms with van der Waals surface area (Å²) in [7, 11) is 1.84. The molecule has 1 aliphatic carbocycles. The number of aromatic nitrogens is 2. The summed E-state index contributed by atoms with van der Waals surface area (Å²) in [5.41, 5.74) is 0.539. The van der Waals surface area contributed by atoms with Crippen LogP contribution in [0.2, 0.25) is 0 Å². The molecule has 2 heterocycles. The van der Waals surface area contributed by atoms with Crippen molar-refractivity contribution in [1.29, 1.82) is 0 Å². The molecule has 0 radical (unpaired) electrons. The third kappa shape index (κ3) is 3.19. The summed E-state index contributed by atoms with van der Waals surface area (Å²) in [4.78, 5) is 11.0. The first-order valence-electron chi connectivity index (χ1n) is 7.96. The van der Waals surface area contributed by atoms with E-state index < -0.39 is 0 Å². The van der Waals surface area contributed by atoms with Gasteiger partial charge < -0.3 is 14.7 Å². The maximum Gasteiger partial charge on any atom is 0.246 e. The van der Waals surface area contributed by atoms with Gasteiger partial charge in [0.1, 0.15) is 0 Å². The van der Waals surface area contributed by atoms with E-state index in [1.165, 1.54) is 38.5 Å². The van der Waals surface area contributed by atoms with E-state index >= 15 is 0 Å². The molecule has 116 valence electrons. The minimum atomic E-state index is 0.539. The molecule has 0 unspecified atom stereocenters. The third-order valence-corrected chi connectivity index (χ3v) is 4.83. The SMILES string of the molecule is CN=C(NCc1nc(C)no1)N1CCC2(CCCCC2)C1. The van der Waals surface area contributed by atoms with Gasteiger partial charge in [-0.05, 0) is 31.6 Å². The van der Waals surface area contributed by atoms with Crippen LogP contribution in [0.25, 0.3) is 0 Å². The standard InChI is InChI=1S/C15H25N5O/c1-12-18-13(21-19-12)10-17-14(16-2)20-9-8-15(11-20)6-4-3-5-7-15/h3-11H2,1-2H3,(H,16,17). The van der Waals surface area contributed by atoms with Crippen LogP contribution in [0.5, 0.6) is 0 Å². The molecule has 0 bridgehead atoms. The van der Waals surface area contributed by atoms with Crippen LogP contribution in [0.4, 0.5) is 0 Å². The Labute approximate surface area is 126 Å². The lowest BCUT2D eigenvalue weighted by atomic mass is 9.73. The summed E-state index contributed by atoms with van der Waals surface area (Å²) in [6, 6.07) is 0. The number of rotatable bonds is 2. The number of hydrogen-bond acceptors (Lipinski definition) is 4. The van der Waals surface area contributed by atoms with E-state index in [2.05, 4.69) is 25.3 Å². The molecule has 2 fully saturated rings. The first-order valence-corrected chi connectivity index (χ1v) is 7.96. The molecule has 1 aromatic rings. The summed E-state index contributed by atoms with van der Waals surface area (Å²) in [5.74, 6) is 2.23. The highest BCUT2D eigenvalue weighted by Crippen LogP contribution is 2.43. The lowest BCUT2D eigenvalue weighted by Gasteiger charge is -2.33. The second kappa shape index (κ2) is 6.03. The van der Waals surface area contributed by atoms with Crippen molar-refractivity contribution in [3.63, 3.8) is 0 Å². The van der Waals surface area contributed by atoms with Gasteiger partial charge >= 0.3 is 0 Å². The summed E-state index contributed by atoms with van der Waals surface area (Å²) in [6.07, 6.45) is 8.24. The van der Waals surface area contributed by atoms with Crippen LogP contribution in [0, 0.1) is 12.3 Å². The number of nitrogens with one attached hydrogen (secondary N) is 1. The number of guanidine groups is 1. The maximum absolute atomic E-state index is 5.13. The molecule has 21 heavy (non-hydrogen) atoms. The van der Waals surface area contributed by atoms with Crippen molar-refractivity contribution in [1.82, 2.24) is 20.4 Å². The van der Waals surface area contributed by atoms with Gasteiger partial charge in [0.2, 0.25) is 5.89 Å². The molecule has 1 N–H and O–H groups in total. The molecule has 1 aromatic heterocycles. The second-order valence-electron chi connectivity index (χ2n) is 6.37. The number of aryl methyl sites for hydroxylation is 1. The number of aliphatic imine (C=N–C) groups is 1. The van der Waals surface area contributed by atoms with Crippen LogP contribution in [0.15, 0.2) is 9.52 Å². The minimum Gasteiger partial charge on any atom is -0.347 e. The zero-order chi connectivity index (χ0) is 14.7. The van der Waals surface area contributed by atoms with Gasteiger partial charge in [-0.15, -0.1) is 0 Å². The third-order valence-electron chi connectivity index (χ3n) is 4.83. The molecule has 1 spiro atoms. The zero-order valence-electron chi connectivity index (χ0n) is 13.1. The Morgan fingerprint density at radius 3 is 2.81 bits per heavy atom. The van der Waals surface area contributed by atoms with Gasteiger partial charge in [0.15, 0.2) is 11.8 Å². The summed E-state index contributed by atoms with van der Waals surface area (Å²) < 4.78 is 5.13. The Morgan fingerprint density at radius 2 is 2.14 bits per heavy atom. The van der Waals surface area contributed by atoms with Crippen LogP contribution >= 0.6 is 0 Å². The molecule has 0 aromatic carbocycles. The van der Waals surface area contributed by atoms with E-state index in [9.17, 15) is 0 Å². The van der Waals surface area contributed by atoms with Gasteiger partial charge in [-0.25, -0.2) is 0 Å². The van der Waals surface area contributed by atoms with Crippen molar-refractivity contribution in [3.05, 3.63) is 11.7 Å². The number of likely N-dealkylation sites (tertiary alicyclic amines) is 1. The number of nitrogens with zero attached hydrogens (tertiary/aromatic N) is 4. The van der Waals surface area contributed by atoms with E-state index in [0.29, 0.717) is 23.7 Å². The van der Waals surface area contributed by atoms with E-state index in [1.807, 2.05) is 14.0 Å². The molecule has 0 amide bonds. The van der Waals surface area contributed by atoms with Crippen molar-refractivity contribution >= 4 is 5.96 Å². The quantitative estimate of drug-likeness (QED) is 0.668. The normalized spacial score (nSPS) is 22.0. The highest BCUT2D eigenvalue weighted by atomic mass is 16.5. The van der Waals surface area contributed by atoms with Crippen LogP contribution in [0.1, 0.15) is 50.2 Å². The van der Waals surface area contributed by atoms with Crippen LogP contribution in [-0.2, 0) is 6.54 Å². The van der Waals surface area contributed by atoms with Crippen LogP contribution in [0.3, 0.4) is 0 Å². The van der Waals surface area contributed by atoms with Gasteiger partial charge in [-0.3, -0.25) is 4.99 Å². The average molecular weight is 291 g/mol. The molecule has 6 heteroatoms. The first kappa shape index (κ1) is 14.4. The Kier molecular flexibility index (Phi) is 4.12. The van der Waals surface area contributed by atoms with Crippen molar-refractivity contribution in [2.45, 2.75) is 52.0 Å². The van der Waals surface area contributed by atoms with E-state index in [4.69, 9.17) is 4.52 Å². The van der Waals surface area contributed by atoms with Gasteiger partial charge in [-0.2, -0.15) is 4.98 Å². The molecule has 1 saturated heterocycles. The van der Waals surface area contributed by atoms with E-state index in [-0.39, 0.29) is 0 Å². The van der Waals surface area contributed by atoms with Gasteiger partial charge in [0.05, 0.1) is 6.54 Å². The van der Waals surface area contributed by atoms with Gasteiger partial charge in [0.25, 0.3) is 0 Å². The zero-order valence-corrected chi connectivity index (χ0v) is 13.1. The summed E-state index contributed by atoms with van der Waals surface area (Å²) in [6.45, 7) is 4.60. The summed E-state index contributed by atoms with van der Waals surface area (Å²) >= 11 is 0. The van der Waals surface area contributed by atoms with Crippen molar-refractivity contribution < 1.29 is 4.52 Å². The highest BCUT2D eigenvalue weighted by Gasteiger charge is 2.39. The average Bonchev–Trinajstić information content (AvgIpc) is 3.08. The fourth-order valence-corrected chi connectivity index (χ4v) is 3.72. The molecule has 1 aliphatic heterocycles. The minimum absolute atomic E-state index is 0.539. The first-order chi connectivity index (χ1) is 10.2. The van der Waals surface area contributed by atoms with Crippen LogP contribution in [-0.4, -0.2) is 41.1 Å². The smallest absolute Gasteiger partial charge is 0.246 e. The maximum atomic E-state index is 5.13. The molecular formula is C15H25N5O. The molecule has 2 aliphatic rings. The topological polar surface area (TPSA) is 66.5 Å². The largest absolute Gasteiger partial charge is 0.347 e. The van der Waals surface area contributed by atoms with Crippen molar-refractivity contribution in [2.24, 2.45) is 10.4 Å². The van der Waals surface area contributed by atoms with E-state index in [1.54, 1.807) is 0 Å². The Balaban J connectivity index is 1.57. The second-order valence-corrected chi connectivity index (χ2v) is 6.37.